The SMILES string of the molecule is CCCCSCC(=O)Nc1ccc(C(=O)O)c(C)c1. The highest BCUT2D eigenvalue weighted by molar-refractivity contribution is 7.99. The van der Waals surface area contributed by atoms with E-state index in [9.17, 15) is 9.59 Å². The first-order valence-corrected chi connectivity index (χ1v) is 7.41. The van der Waals surface area contributed by atoms with Crippen molar-refractivity contribution in [3.8, 4) is 0 Å². The Morgan fingerprint density at radius 2 is 2.11 bits per heavy atom. The lowest BCUT2D eigenvalue weighted by Crippen LogP contribution is -2.14. The number of rotatable bonds is 7. The van der Waals surface area contributed by atoms with Crippen molar-refractivity contribution in [2.75, 3.05) is 16.8 Å². The number of benzene rings is 1. The summed E-state index contributed by atoms with van der Waals surface area (Å²) in [7, 11) is 0. The molecule has 0 aromatic heterocycles. The lowest BCUT2D eigenvalue weighted by atomic mass is 10.1. The molecule has 19 heavy (non-hydrogen) atoms. The Morgan fingerprint density at radius 1 is 1.37 bits per heavy atom. The summed E-state index contributed by atoms with van der Waals surface area (Å²) in [5, 5.41) is 11.7. The molecule has 0 atom stereocenters. The number of unbranched alkanes of at least 4 members (excludes halogenated alkanes) is 1. The highest BCUT2D eigenvalue weighted by Gasteiger charge is 2.08. The summed E-state index contributed by atoms with van der Waals surface area (Å²) in [5.74, 6) is 0.412. The molecule has 0 saturated carbocycles. The van der Waals surface area contributed by atoms with Gasteiger partial charge in [-0.1, -0.05) is 13.3 Å². The fourth-order valence-electron chi connectivity index (χ4n) is 1.59. The minimum Gasteiger partial charge on any atom is -0.478 e. The topological polar surface area (TPSA) is 66.4 Å². The maximum absolute atomic E-state index is 11.7. The second-order valence-electron chi connectivity index (χ2n) is 4.29. The first kappa shape index (κ1) is 15.6. The van der Waals surface area contributed by atoms with Crippen molar-refractivity contribution in [3.63, 3.8) is 0 Å². The number of amides is 1. The third-order valence-electron chi connectivity index (χ3n) is 2.62. The molecule has 2 N–H and O–H groups in total. The monoisotopic (exact) mass is 281 g/mol. The minimum atomic E-state index is -0.953. The van der Waals surface area contributed by atoms with E-state index in [1.54, 1.807) is 30.8 Å². The van der Waals surface area contributed by atoms with Crippen molar-refractivity contribution in [2.24, 2.45) is 0 Å². The van der Waals surface area contributed by atoms with Gasteiger partial charge in [0.15, 0.2) is 0 Å². The van der Waals surface area contributed by atoms with E-state index >= 15 is 0 Å². The zero-order valence-electron chi connectivity index (χ0n) is 11.2. The molecule has 1 amide bonds. The normalized spacial score (nSPS) is 10.2. The zero-order chi connectivity index (χ0) is 14.3. The lowest BCUT2D eigenvalue weighted by molar-refractivity contribution is -0.113. The van der Waals surface area contributed by atoms with E-state index in [0.29, 0.717) is 17.0 Å². The second-order valence-corrected chi connectivity index (χ2v) is 5.39. The lowest BCUT2D eigenvalue weighted by Gasteiger charge is -2.07. The number of nitrogens with one attached hydrogen (secondary N) is 1. The maximum Gasteiger partial charge on any atom is 0.335 e. The van der Waals surface area contributed by atoms with Gasteiger partial charge in [0.2, 0.25) is 5.91 Å². The van der Waals surface area contributed by atoms with Crippen LogP contribution in [0.15, 0.2) is 18.2 Å². The number of carbonyl (C=O) groups excluding carboxylic acids is 1. The average Bonchev–Trinajstić information content (AvgIpc) is 2.34. The summed E-state index contributed by atoms with van der Waals surface area (Å²) in [4.78, 5) is 22.5. The molecule has 0 spiro atoms. The first-order chi connectivity index (χ1) is 9.04. The molecule has 5 heteroatoms. The number of carbonyl (C=O) groups is 2. The number of hydrogen-bond donors (Lipinski definition) is 2. The molecule has 0 bridgehead atoms. The highest BCUT2D eigenvalue weighted by atomic mass is 32.2. The van der Waals surface area contributed by atoms with E-state index in [0.717, 1.165) is 18.6 Å². The third kappa shape index (κ3) is 5.34. The van der Waals surface area contributed by atoms with Crippen LogP contribution in [-0.4, -0.2) is 28.5 Å². The molecule has 1 aromatic rings. The smallest absolute Gasteiger partial charge is 0.335 e. The zero-order valence-corrected chi connectivity index (χ0v) is 12.0. The molecule has 0 heterocycles. The Kier molecular flexibility index (Phi) is 6.42. The van der Waals surface area contributed by atoms with Crippen molar-refractivity contribution in [1.82, 2.24) is 0 Å². The predicted molar refractivity (Wildman–Crippen MR) is 79.0 cm³/mol. The largest absolute Gasteiger partial charge is 0.478 e. The van der Waals surface area contributed by atoms with Crippen LogP contribution in [-0.2, 0) is 4.79 Å². The fourth-order valence-corrected chi connectivity index (χ4v) is 2.48. The van der Waals surface area contributed by atoms with E-state index in [2.05, 4.69) is 12.2 Å². The van der Waals surface area contributed by atoms with E-state index in [1.165, 1.54) is 6.07 Å². The van der Waals surface area contributed by atoms with Gasteiger partial charge >= 0.3 is 5.97 Å². The predicted octanol–water partition coefficient (Wildman–Crippen LogP) is 3.17. The van der Waals surface area contributed by atoms with Crippen LogP contribution < -0.4 is 5.32 Å². The van der Waals surface area contributed by atoms with Crippen LogP contribution in [0.25, 0.3) is 0 Å². The molecular weight excluding hydrogens is 262 g/mol. The summed E-state index contributed by atoms with van der Waals surface area (Å²) in [6, 6.07) is 4.81. The van der Waals surface area contributed by atoms with Gasteiger partial charge in [0, 0.05) is 5.69 Å². The van der Waals surface area contributed by atoms with Gasteiger partial charge in [-0.2, -0.15) is 11.8 Å². The van der Waals surface area contributed by atoms with Gasteiger partial charge in [-0.15, -0.1) is 0 Å². The molecule has 0 aliphatic carbocycles. The van der Waals surface area contributed by atoms with Crippen LogP contribution in [0.1, 0.15) is 35.7 Å². The Bertz CT molecular complexity index is 460. The molecule has 4 nitrogen and oxygen atoms in total. The number of aromatic carboxylic acids is 1. The summed E-state index contributed by atoms with van der Waals surface area (Å²) < 4.78 is 0. The maximum atomic E-state index is 11.7. The summed E-state index contributed by atoms with van der Waals surface area (Å²) in [6.45, 7) is 3.84. The quantitative estimate of drug-likeness (QED) is 0.753. The highest BCUT2D eigenvalue weighted by Crippen LogP contribution is 2.15. The molecule has 1 rings (SSSR count). The van der Waals surface area contributed by atoms with Gasteiger partial charge in [-0.3, -0.25) is 4.79 Å². The van der Waals surface area contributed by atoms with E-state index < -0.39 is 5.97 Å². The van der Waals surface area contributed by atoms with Gasteiger partial charge in [-0.25, -0.2) is 4.79 Å². The summed E-state index contributed by atoms with van der Waals surface area (Å²) in [6.07, 6.45) is 2.24. The van der Waals surface area contributed by atoms with Crippen LogP contribution in [0.5, 0.6) is 0 Å². The summed E-state index contributed by atoms with van der Waals surface area (Å²) >= 11 is 1.61. The number of hydrogen-bond acceptors (Lipinski definition) is 3. The Balaban J connectivity index is 2.51. The van der Waals surface area contributed by atoms with Gasteiger partial charge in [0.25, 0.3) is 0 Å². The van der Waals surface area contributed by atoms with Crippen molar-refractivity contribution >= 4 is 29.3 Å². The van der Waals surface area contributed by atoms with Crippen LogP contribution in [0, 0.1) is 6.92 Å². The molecule has 0 aliphatic heterocycles. The van der Waals surface area contributed by atoms with Gasteiger partial charge in [0.05, 0.1) is 11.3 Å². The van der Waals surface area contributed by atoms with Crippen LogP contribution in [0.4, 0.5) is 5.69 Å². The van der Waals surface area contributed by atoms with Crippen molar-refractivity contribution in [1.29, 1.82) is 0 Å². The van der Waals surface area contributed by atoms with Crippen molar-refractivity contribution in [2.45, 2.75) is 26.7 Å². The molecule has 0 aliphatic rings. The molecule has 0 unspecified atom stereocenters. The van der Waals surface area contributed by atoms with Crippen molar-refractivity contribution < 1.29 is 14.7 Å². The number of anilines is 1. The molecule has 1 aromatic carbocycles. The van der Waals surface area contributed by atoms with E-state index in [4.69, 9.17) is 5.11 Å². The van der Waals surface area contributed by atoms with Crippen LogP contribution >= 0.6 is 11.8 Å². The number of aryl methyl sites for hydroxylation is 1. The second kappa shape index (κ2) is 7.84. The molecule has 104 valence electrons. The van der Waals surface area contributed by atoms with Gasteiger partial charge in [-0.05, 0) is 42.9 Å². The number of carboxylic acid groups (broad SMARTS) is 1. The fraction of sp³-hybridized carbons (Fsp3) is 0.429. The van der Waals surface area contributed by atoms with E-state index in [-0.39, 0.29) is 11.5 Å². The number of carboxylic acids is 1. The average molecular weight is 281 g/mol. The minimum absolute atomic E-state index is 0.0522. The van der Waals surface area contributed by atoms with Crippen LogP contribution in [0.3, 0.4) is 0 Å². The first-order valence-electron chi connectivity index (χ1n) is 6.26. The van der Waals surface area contributed by atoms with Gasteiger partial charge < -0.3 is 10.4 Å². The molecule has 0 radical (unpaired) electrons. The molecule has 0 fully saturated rings. The standard InChI is InChI=1S/C14H19NO3S/c1-3-4-7-19-9-13(16)15-11-5-6-12(14(17)18)10(2)8-11/h5-6,8H,3-4,7,9H2,1-2H3,(H,15,16)(H,17,18). The van der Waals surface area contributed by atoms with E-state index in [1.807, 2.05) is 0 Å². The Morgan fingerprint density at radius 3 is 2.68 bits per heavy atom. The van der Waals surface area contributed by atoms with Gasteiger partial charge in [0.1, 0.15) is 0 Å². The summed E-state index contributed by atoms with van der Waals surface area (Å²) in [5.41, 5.74) is 1.54. The third-order valence-corrected chi connectivity index (χ3v) is 3.66. The number of thioether (sulfide) groups is 1. The molecular formula is C14H19NO3S. The van der Waals surface area contributed by atoms with Crippen LogP contribution in [0.2, 0.25) is 0 Å². The Hall–Kier alpha value is -1.49. The van der Waals surface area contributed by atoms with Crippen molar-refractivity contribution in [3.05, 3.63) is 29.3 Å². The Labute approximate surface area is 117 Å². The molecule has 0 saturated heterocycles.